The second kappa shape index (κ2) is 7.34. The van der Waals surface area contributed by atoms with Gasteiger partial charge in [0.05, 0.1) is 20.3 Å². The summed E-state index contributed by atoms with van der Waals surface area (Å²) >= 11 is 13.3. The van der Waals surface area contributed by atoms with Crippen LogP contribution < -0.4 is 5.32 Å². The molecule has 0 saturated heterocycles. The second-order valence-electron chi connectivity index (χ2n) is 5.17. The average molecular weight is 377 g/mol. The van der Waals surface area contributed by atoms with Crippen LogP contribution in [0.3, 0.4) is 0 Å². The molecule has 0 saturated carbocycles. The molecule has 0 spiro atoms. The lowest BCUT2D eigenvalue weighted by molar-refractivity contribution is -0.111. The molecule has 3 rings (SSSR count). The van der Waals surface area contributed by atoms with Crippen molar-refractivity contribution in [1.82, 2.24) is 4.98 Å². The molecule has 1 heterocycles. The van der Waals surface area contributed by atoms with Crippen molar-refractivity contribution >= 4 is 61.9 Å². The van der Waals surface area contributed by atoms with Crippen molar-refractivity contribution in [3.05, 3.63) is 63.6 Å². The molecule has 3 aromatic rings. The Balaban J connectivity index is 1.72. The van der Waals surface area contributed by atoms with Gasteiger partial charge in [0.15, 0.2) is 5.13 Å². The molecule has 122 valence electrons. The van der Waals surface area contributed by atoms with E-state index in [9.17, 15) is 4.79 Å². The summed E-state index contributed by atoms with van der Waals surface area (Å²) in [7, 11) is 0. The highest BCUT2D eigenvalue weighted by atomic mass is 35.5. The molecule has 1 aromatic heterocycles. The Labute approximate surface area is 153 Å². The maximum absolute atomic E-state index is 12.0. The highest BCUT2D eigenvalue weighted by Gasteiger charge is 2.06. The maximum atomic E-state index is 12.0. The summed E-state index contributed by atoms with van der Waals surface area (Å²) in [5.74, 6) is -0.240. The third-order valence-electron chi connectivity index (χ3n) is 3.46. The number of hydrogen-bond donors (Lipinski definition) is 1. The van der Waals surface area contributed by atoms with Gasteiger partial charge in [-0.25, -0.2) is 4.98 Å². The van der Waals surface area contributed by atoms with Crippen LogP contribution >= 0.6 is 34.5 Å². The van der Waals surface area contributed by atoms with Gasteiger partial charge in [0.2, 0.25) is 5.91 Å². The minimum atomic E-state index is -0.240. The molecule has 3 nitrogen and oxygen atoms in total. The number of hydrogen-bond acceptors (Lipinski definition) is 3. The van der Waals surface area contributed by atoms with Gasteiger partial charge in [-0.3, -0.25) is 10.1 Å². The monoisotopic (exact) mass is 376 g/mol. The number of halogens is 2. The first-order valence-electron chi connectivity index (χ1n) is 7.38. The van der Waals surface area contributed by atoms with Gasteiger partial charge in [-0.15, -0.1) is 0 Å². The molecule has 0 atom stereocenters. The fourth-order valence-corrected chi connectivity index (χ4v) is 3.42. The van der Waals surface area contributed by atoms with Gasteiger partial charge in [-0.1, -0.05) is 53.6 Å². The standard InChI is InChI=1S/C18H14Cl2N2OS/c1-2-11-4-7-15-16(10-11)24-18(21-15)22-17(23)8-5-12-3-6-13(19)14(20)9-12/h3-10H,2H2,1H3,(H,21,22,23)/b8-5+. The number of rotatable bonds is 4. The van der Waals surface area contributed by atoms with Crippen molar-refractivity contribution in [2.45, 2.75) is 13.3 Å². The zero-order chi connectivity index (χ0) is 17.1. The Morgan fingerprint density at radius 3 is 2.79 bits per heavy atom. The molecule has 0 aliphatic heterocycles. The van der Waals surface area contributed by atoms with Gasteiger partial charge in [0.25, 0.3) is 0 Å². The molecule has 1 N–H and O–H groups in total. The summed E-state index contributed by atoms with van der Waals surface area (Å²) in [6.07, 6.45) is 4.10. The maximum Gasteiger partial charge on any atom is 0.250 e. The Hall–Kier alpha value is -1.88. The van der Waals surface area contributed by atoms with E-state index in [-0.39, 0.29) is 5.91 Å². The predicted molar refractivity (Wildman–Crippen MR) is 103 cm³/mol. The van der Waals surface area contributed by atoms with Crippen LogP contribution in [0.1, 0.15) is 18.1 Å². The van der Waals surface area contributed by atoms with Crippen LogP contribution in [0.15, 0.2) is 42.5 Å². The molecule has 0 unspecified atom stereocenters. The number of amides is 1. The van der Waals surface area contributed by atoms with E-state index in [1.165, 1.54) is 23.0 Å². The summed E-state index contributed by atoms with van der Waals surface area (Å²) in [6.45, 7) is 2.11. The van der Waals surface area contributed by atoms with Crippen LogP contribution in [-0.2, 0) is 11.2 Å². The smallest absolute Gasteiger partial charge is 0.250 e. The summed E-state index contributed by atoms with van der Waals surface area (Å²) in [5, 5.41) is 4.31. The largest absolute Gasteiger partial charge is 0.298 e. The number of fused-ring (bicyclic) bond motifs is 1. The Kier molecular flexibility index (Phi) is 5.19. The fraction of sp³-hybridized carbons (Fsp3) is 0.111. The lowest BCUT2D eigenvalue weighted by Gasteiger charge is -1.98. The van der Waals surface area contributed by atoms with E-state index in [1.54, 1.807) is 24.3 Å². The van der Waals surface area contributed by atoms with Gasteiger partial charge in [0.1, 0.15) is 0 Å². The minimum Gasteiger partial charge on any atom is -0.298 e. The molecule has 0 fully saturated rings. The Morgan fingerprint density at radius 2 is 2.04 bits per heavy atom. The Morgan fingerprint density at radius 1 is 1.21 bits per heavy atom. The first-order valence-corrected chi connectivity index (χ1v) is 8.96. The van der Waals surface area contributed by atoms with Crippen molar-refractivity contribution in [2.75, 3.05) is 5.32 Å². The third-order valence-corrected chi connectivity index (χ3v) is 5.13. The van der Waals surface area contributed by atoms with E-state index in [0.717, 1.165) is 22.2 Å². The van der Waals surface area contributed by atoms with E-state index in [0.29, 0.717) is 15.2 Å². The van der Waals surface area contributed by atoms with Crippen molar-refractivity contribution in [2.24, 2.45) is 0 Å². The van der Waals surface area contributed by atoms with Crippen molar-refractivity contribution in [1.29, 1.82) is 0 Å². The Bertz CT molecular complexity index is 934. The lowest BCUT2D eigenvalue weighted by Crippen LogP contribution is -2.07. The van der Waals surface area contributed by atoms with E-state index >= 15 is 0 Å². The molecule has 0 bridgehead atoms. The van der Waals surface area contributed by atoms with Gasteiger partial charge in [0, 0.05) is 6.08 Å². The van der Waals surface area contributed by atoms with Crippen molar-refractivity contribution in [3.63, 3.8) is 0 Å². The van der Waals surface area contributed by atoms with E-state index < -0.39 is 0 Å². The van der Waals surface area contributed by atoms with Gasteiger partial charge >= 0.3 is 0 Å². The molecule has 24 heavy (non-hydrogen) atoms. The highest BCUT2D eigenvalue weighted by Crippen LogP contribution is 2.27. The zero-order valence-electron chi connectivity index (χ0n) is 12.8. The number of carbonyl (C=O) groups excluding carboxylic acids is 1. The molecule has 1 amide bonds. The number of nitrogens with one attached hydrogen (secondary N) is 1. The molecule has 0 radical (unpaired) electrons. The topological polar surface area (TPSA) is 42.0 Å². The normalized spacial score (nSPS) is 11.3. The van der Waals surface area contributed by atoms with Gasteiger partial charge < -0.3 is 0 Å². The second-order valence-corrected chi connectivity index (χ2v) is 7.02. The molecule has 6 heteroatoms. The zero-order valence-corrected chi connectivity index (χ0v) is 15.2. The first kappa shape index (κ1) is 17.0. The van der Waals surface area contributed by atoms with Gasteiger partial charge in [-0.05, 0) is 47.9 Å². The van der Waals surface area contributed by atoms with Crippen molar-refractivity contribution < 1.29 is 4.79 Å². The fourth-order valence-electron chi connectivity index (χ4n) is 2.18. The molecular formula is C18H14Cl2N2OS. The third kappa shape index (κ3) is 3.96. The average Bonchev–Trinajstić information content (AvgIpc) is 2.97. The quantitative estimate of drug-likeness (QED) is 0.583. The number of anilines is 1. The lowest BCUT2D eigenvalue weighted by atomic mass is 10.2. The number of aromatic nitrogens is 1. The van der Waals surface area contributed by atoms with E-state index in [4.69, 9.17) is 23.2 Å². The van der Waals surface area contributed by atoms with Crippen LogP contribution in [-0.4, -0.2) is 10.9 Å². The van der Waals surface area contributed by atoms with Crippen molar-refractivity contribution in [3.8, 4) is 0 Å². The molecule has 0 aliphatic rings. The summed E-state index contributed by atoms with van der Waals surface area (Å²) in [4.78, 5) is 16.5. The van der Waals surface area contributed by atoms with Crippen LogP contribution in [0, 0.1) is 0 Å². The van der Waals surface area contributed by atoms with E-state index in [2.05, 4.69) is 29.4 Å². The highest BCUT2D eigenvalue weighted by molar-refractivity contribution is 7.22. The van der Waals surface area contributed by atoms with Crippen LogP contribution in [0.2, 0.25) is 10.0 Å². The van der Waals surface area contributed by atoms with E-state index in [1.807, 2.05) is 6.07 Å². The number of benzene rings is 2. The summed E-state index contributed by atoms with van der Waals surface area (Å²) in [5.41, 5.74) is 2.95. The summed E-state index contributed by atoms with van der Waals surface area (Å²) < 4.78 is 1.07. The van der Waals surface area contributed by atoms with Crippen LogP contribution in [0.5, 0.6) is 0 Å². The summed E-state index contributed by atoms with van der Waals surface area (Å²) in [6, 6.07) is 11.3. The molecule has 0 aliphatic carbocycles. The van der Waals surface area contributed by atoms with Gasteiger partial charge in [-0.2, -0.15) is 0 Å². The van der Waals surface area contributed by atoms with Crippen LogP contribution in [0.4, 0.5) is 5.13 Å². The number of aryl methyl sites for hydroxylation is 1. The van der Waals surface area contributed by atoms with Crippen LogP contribution in [0.25, 0.3) is 16.3 Å². The predicted octanol–water partition coefficient (Wildman–Crippen LogP) is 5.82. The molecule has 2 aromatic carbocycles. The minimum absolute atomic E-state index is 0.240. The number of nitrogens with zero attached hydrogens (tertiary/aromatic N) is 1. The first-order chi connectivity index (χ1) is 11.5. The number of thiazole rings is 1. The number of carbonyl (C=O) groups is 1. The SMILES string of the molecule is CCc1ccc2nc(NC(=O)/C=C/c3ccc(Cl)c(Cl)c3)sc2c1. The molecular weight excluding hydrogens is 363 g/mol.